The van der Waals surface area contributed by atoms with Crippen LogP contribution >= 0.6 is 26.8 Å². The Morgan fingerprint density at radius 2 is 1.87 bits per heavy atom. The molecular weight excluding hydrogens is 578 g/mol. The zero-order chi connectivity index (χ0) is 27.9. The van der Waals surface area contributed by atoms with Crippen LogP contribution in [0, 0.1) is 0 Å². The molecule has 3 aliphatic rings. The maximum atomic E-state index is 12.0. The van der Waals surface area contributed by atoms with Gasteiger partial charge < -0.3 is 44.4 Å². The molecule has 18 heteroatoms. The van der Waals surface area contributed by atoms with Crippen LogP contribution in [0.15, 0.2) is 6.20 Å². The maximum Gasteiger partial charge on any atom is 0.340 e. The number of anilines is 1. The van der Waals surface area contributed by atoms with Gasteiger partial charge >= 0.3 is 15.2 Å². The van der Waals surface area contributed by atoms with Crippen molar-refractivity contribution in [3.05, 3.63) is 17.2 Å². The molecule has 0 spiro atoms. The van der Waals surface area contributed by atoms with Crippen LogP contribution in [0.2, 0.25) is 5.28 Å². The fourth-order valence-corrected chi connectivity index (χ4v) is 8.38. The number of nitrogens with zero attached hydrogens (tertiary/aromatic N) is 5. The first kappa shape index (κ1) is 29.3. The highest BCUT2D eigenvalue weighted by Crippen LogP contribution is 2.55. The summed E-state index contributed by atoms with van der Waals surface area (Å²) < 4.78 is 34.9. The van der Waals surface area contributed by atoms with Gasteiger partial charge in [-0.05, 0) is 56.8 Å². The number of nitrogens with one attached hydrogen (secondary N) is 1. The summed E-state index contributed by atoms with van der Waals surface area (Å²) in [5.74, 6) is -0.954. The Kier molecular flexibility index (Phi) is 8.69. The number of aromatic nitrogens is 4. The lowest BCUT2D eigenvalue weighted by Gasteiger charge is -2.32. The molecule has 2 aliphatic heterocycles. The number of piperidine rings is 1. The van der Waals surface area contributed by atoms with Crippen LogP contribution in [-0.4, -0.2) is 105 Å². The zero-order valence-electron chi connectivity index (χ0n) is 21.0. The summed E-state index contributed by atoms with van der Waals surface area (Å²) in [6.07, 6.45) is 2.75. The van der Waals surface area contributed by atoms with Gasteiger partial charge in [-0.1, -0.05) is 6.42 Å². The minimum Gasteiger partial charge on any atom is -0.387 e. The smallest absolute Gasteiger partial charge is 0.340 e. The van der Waals surface area contributed by atoms with Crippen LogP contribution in [0.3, 0.4) is 0 Å². The van der Waals surface area contributed by atoms with E-state index >= 15 is 0 Å². The molecule has 2 aromatic rings. The molecule has 2 aromatic heterocycles. The number of likely N-dealkylation sites (tertiary alicyclic amines) is 1. The van der Waals surface area contributed by atoms with Crippen molar-refractivity contribution >= 4 is 38.3 Å². The molecule has 1 saturated carbocycles. The summed E-state index contributed by atoms with van der Waals surface area (Å²) >= 11 is 6.23. The molecule has 0 aromatic carbocycles. The van der Waals surface area contributed by atoms with E-state index in [-0.39, 0.29) is 17.0 Å². The Morgan fingerprint density at radius 1 is 1.13 bits per heavy atom. The van der Waals surface area contributed by atoms with Crippen LogP contribution in [0.25, 0.3) is 5.65 Å². The van der Waals surface area contributed by atoms with Crippen LogP contribution in [-0.2, 0) is 18.4 Å². The van der Waals surface area contributed by atoms with Gasteiger partial charge in [-0.2, -0.15) is 4.98 Å². The normalized spacial score (nSPS) is 32.1. The molecule has 2 saturated heterocycles. The van der Waals surface area contributed by atoms with Gasteiger partial charge in [0.1, 0.15) is 24.4 Å². The number of aliphatic hydroxyl groups excluding tert-OH is 2. The van der Waals surface area contributed by atoms with Gasteiger partial charge in [-0.15, -0.1) is 5.10 Å². The molecule has 3 fully saturated rings. The predicted octanol–water partition coefficient (Wildman–Crippen LogP) is 1.10. The Hall–Kier alpha value is -1.22. The summed E-state index contributed by atoms with van der Waals surface area (Å²) in [5.41, 5.74) is 0.605. The number of rotatable bonds is 9. The fraction of sp³-hybridized carbons (Fsp3) is 0.762. The van der Waals surface area contributed by atoms with Crippen LogP contribution in [0.1, 0.15) is 50.3 Å². The third kappa shape index (κ3) is 6.82. The lowest BCUT2D eigenvalue weighted by atomic mass is 10.1. The summed E-state index contributed by atoms with van der Waals surface area (Å²) in [5, 5.41) is 28.7. The minimum absolute atomic E-state index is 0.0681. The van der Waals surface area contributed by atoms with E-state index in [1.54, 1.807) is 0 Å². The Bertz CT molecular complexity index is 1270. The van der Waals surface area contributed by atoms with Crippen molar-refractivity contribution in [2.24, 2.45) is 0 Å². The largest absolute Gasteiger partial charge is 0.387 e. The lowest BCUT2D eigenvalue weighted by molar-refractivity contribution is -0.0204. The van der Waals surface area contributed by atoms with Gasteiger partial charge in [0, 0.05) is 12.1 Å². The van der Waals surface area contributed by atoms with E-state index in [9.17, 15) is 24.2 Å². The van der Waals surface area contributed by atoms with Crippen molar-refractivity contribution in [1.82, 2.24) is 24.5 Å². The highest BCUT2D eigenvalue weighted by atomic mass is 35.5. The van der Waals surface area contributed by atoms with Crippen LogP contribution in [0.4, 0.5) is 5.82 Å². The predicted molar refractivity (Wildman–Crippen MR) is 139 cm³/mol. The third-order valence-corrected chi connectivity index (χ3v) is 11.1. The Labute approximate surface area is 229 Å². The van der Waals surface area contributed by atoms with Gasteiger partial charge in [0.2, 0.25) is 5.28 Å². The molecule has 4 heterocycles. The topological polar surface area (TPSA) is 212 Å². The molecule has 5 unspecified atom stereocenters. The Balaban J connectivity index is 1.29. The van der Waals surface area contributed by atoms with Gasteiger partial charge in [0.25, 0.3) is 0 Å². The van der Waals surface area contributed by atoms with Gasteiger partial charge in [0.05, 0.1) is 18.5 Å². The third-order valence-electron chi connectivity index (χ3n) is 7.47. The lowest BCUT2D eigenvalue weighted by Crippen LogP contribution is -2.38. The summed E-state index contributed by atoms with van der Waals surface area (Å²) in [6.45, 7) is 1.57. The van der Waals surface area contributed by atoms with E-state index in [4.69, 9.17) is 30.6 Å². The van der Waals surface area contributed by atoms with Gasteiger partial charge in [-0.25, -0.2) is 9.50 Å². The van der Waals surface area contributed by atoms with E-state index in [1.165, 1.54) is 30.0 Å². The number of ether oxygens (including phenoxy) is 1. The van der Waals surface area contributed by atoms with E-state index in [2.05, 4.69) is 25.3 Å². The van der Waals surface area contributed by atoms with Crippen LogP contribution < -0.4 is 5.32 Å². The molecule has 218 valence electrons. The first-order valence-corrected chi connectivity index (χ1v) is 16.8. The number of halogens is 1. The number of aliphatic hydroxyl groups is 2. The van der Waals surface area contributed by atoms with Gasteiger partial charge in [0.15, 0.2) is 17.4 Å². The fourth-order valence-electron chi connectivity index (χ4n) is 5.66. The number of hydrogen-bond acceptors (Lipinski definition) is 11. The number of hydrogen-bond donors (Lipinski definition) is 6. The molecule has 5 rings (SSSR count). The zero-order valence-corrected chi connectivity index (χ0v) is 23.5. The SMILES string of the molecule is O=P(O)(O)CP(=O)(O)OCC1OC(c2cnc3c(N[C@H]4CC[C@H](N5CCCCC5)C4)nc(Cl)nn23)C(O)C1O. The number of imidazole rings is 1. The molecule has 0 radical (unpaired) electrons. The molecule has 15 nitrogen and oxygen atoms in total. The maximum absolute atomic E-state index is 12.0. The molecule has 6 N–H and O–H groups in total. The van der Waals surface area contributed by atoms with E-state index in [1.807, 2.05) is 0 Å². The van der Waals surface area contributed by atoms with Crippen molar-refractivity contribution < 1.29 is 43.3 Å². The molecule has 0 bridgehead atoms. The van der Waals surface area contributed by atoms with E-state index in [0.717, 1.165) is 32.4 Å². The van der Waals surface area contributed by atoms with Crippen molar-refractivity contribution in [2.75, 3.05) is 30.9 Å². The van der Waals surface area contributed by atoms with Gasteiger partial charge in [-0.3, -0.25) is 9.13 Å². The summed E-state index contributed by atoms with van der Waals surface area (Å²) in [7, 11) is -9.50. The molecule has 7 atom stereocenters. The van der Waals surface area contributed by atoms with Crippen LogP contribution in [0.5, 0.6) is 0 Å². The first-order chi connectivity index (χ1) is 18.4. The average Bonchev–Trinajstić information content (AvgIpc) is 3.56. The first-order valence-electron chi connectivity index (χ1n) is 12.8. The van der Waals surface area contributed by atoms with E-state index in [0.29, 0.717) is 17.5 Å². The highest BCUT2D eigenvalue weighted by molar-refractivity contribution is 7.70. The quantitative estimate of drug-likeness (QED) is 0.219. The Morgan fingerprint density at radius 3 is 2.59 bits per heavy atom. The molecular formula is C21H33ClN6O9P2. The standard InChI is InChI=1S/C21H33ClN6O9P2/c22-21-25-19(24-12-4-5-13(8-12)27-6-2-1-3-7-27)20-23-9-14(28(20)26-21)18-17(30)16(29)15(37-18)10-36-39(34,35)11-38(31,32)33/h9,12-13,15-18,29-30H,1-8,10-11H2,(H,34,35)(H,24,25,26)(H2,31,32,33)/t12-,13-,15?,16?,17?,18?/m0/s1. The van der Waals surface area contributed by atoms with E-state index < -0.39 is 52.1 Å². The number of fused-ring (bicyclic) bond motifs is 1. The second kappa shape index (κ2) is 11.6. The van der Waals surface area contributed by atoms with Crippen molar-refractivity contribution in [1.29, 1.82) is 0 Å². The van der Waals surface area contributed by atoms with Crippen molar-refractivity contribution in [2.45, 2.75) is 75.0 Å². The minimum atomic E-state index is -4.82. The molecule has 39 heavy (non-hydrogen) atoms. The second-order valence-electron chi connectivity index (χ2n) is 10.4. The highest BCUT2D eigenvalue weighted by Gasteiger charge is 2.46. The molecule has 0 amide bonds. The molecule has 1 aliphatic carbocycles. The monoisotopic (exact) mass is 610 g/mol. The summed E-state index contributed by atoms with van der Waals surface area (Å²) in [6, 6.07) is 0.691. The average molecular weight is 611 g/mol. The van der Waals surface area contributed by atoms with Crippen molar-refractivity contribution in [3.63, 3.8) is 0 Å². The summed E-state index contributed by atoms with van der Waals surface area (Å²) in [4.78, 5) is 38.9. The second-order valence-corrected chi connectivity index (χ2v) is 14.7. The van der Waals surface area contributed by atoms with Crippen molar-refractivity contribution in [3.8, 4) is 0 Å².